The molecule has 0 amide bonds. The van der Waals surface area contributed by atoms with E-state index in [1.807, 2.05) is 0 Å². The molecule has 1 N–H and O–H groups in total. The number of aliphatic hydroxyl groups is 1. The number of halogens is 8. The lowest BCUT2D eigenvalue weighted by molar-refractivity contribution is 0.253. The van der Waals surface area contributed by atoms with Crippen molar-refractivity contribution >= 4 is 101 Å². The van der Waals surface area contributed by atoms with Crippen molar-refractivity contribution in [3.63, 3.8) is 0 Å². The van der Waals surface area contributed by atoms with Gasteiger partial charge in [0, 0.05) is 12.4 Å². The van der Waals surface area contributed by atoms with Gasteiger partial charge in [-0.3, -0.25) is 20.0 Å². The SMILES string of the molecule is BrC1=NCN=C1Br.C1=NCN=C1.FCCn1nc(Br)c(Br)n1.FCCn1ncc(Br)n1.OCCF. The van der Waals surface area contributed by atoms with E-state index in [0.717, 1.165) is 9.24 Å². The molecule has 2 aromatic heterocycles. The van der Waals surface area contributed by atoms with Gasteiger partial charge in [0.05, 0.1) is 25.9 Å². The van der Waals surface area contributed by atoms with Crippen LogP contribution in [-0.2, 0) is 13.1 Å². The Hall–Kier alpha value is -0.890. The number of hydrogen-bond donors (Lipinski definition) is 1. The van der Waals surface area contributed by atoms with Crippen LogP contribution in [0.1, 0.15) is 0 Å². The normalized spacial score (nSPS) is 12.7. The molecule has 0 bridgehead atoms. The minimum atomic E-state index is -0.625. The second kappa shape index (κ2) is 22.3. The van der Waals surface area contributed by atoms with Crippen molar-refractivity contribution in [2.45, 2.75) is 13.1 Å². The number of aryl methyl sites for hydroxylation is 2. The average Bonchev–Trinajstić information content (AvgIpc) is 3.65. The molecule has 0 fully saturated rings. The maximum Gasteiger partial charge on any atom is 0.162 e. The van der Waals surface area contributed by atoms with Crippen LogP contribution in [0.5, 0.6) is 0 Å². The highest BCUT2D eigenvalue weighted by molar-refractivity contribution is 9.25. The molecule has 196 valence electrons. The van der Waals surface area contributed by atoms with Gasteiger partial charge >= 0.3 is 0 Å². The molecule has 0 radical (unpaired) electrons. The lowest BCUT2D eigenvalue weighted by Gasteiger charge is -1.89. The van der Waals surface area contributed by atoms with Crippen LogP contribution in [0.15, 0.2) is 40.0 Å². The van der Waals surface area contributed by atoms with Crippen LogP contribution in [0.2, 0.25) is 0 Å². The smallest absolute Gasteiger partial charge is 0.162 e. The van der Waals surface area contributed by atoms with Gasteiger partial charge in [-0.1, -0.05) is 0 Å². The van der Waals surface area contributed by atoms with E-state index in [1.165, 1.54) is 15.8 Å². The second-order valence-corrected chi connectivity index (χ2v) is 9.09. The molecular weight excluding hydrogens is 805 g/mol. The number of hydrogen-bond acceptors (Lipinski definition) is 9. The quantitative estimate of drug-likeness (QED) is 0.479. The van der Waals surface area contributed by atoms with E-state index < -0.39 is 20.0 Å². The minimum absolute atomic E-state index is 0.199. The summed E-state index contributed by atoms with van der Waals surface area (Å²) in [5.74, 6) is 0. The van der Waals surface area contributed by atoms with Crippen LogP contribution >= 0.6 is 79.6 Å². The molecule has 2 aromatic rings. The Balaban J connectivity index is 0.000000428. The standard InChI is InChI=1S/C4H4Br2FN3.C4H5BrFN3.C3H2Br2N2.C3H4N2.C2H5FO/c5-3-4(6)9-10(8-3)2-1-7;5-4-3-7-9(8-4)2-1-6;4-2-3(5)7-1-6-2;1-2-5-3-4-1;3-1-2-4/h1-2H2;3H,1-2H2;1H2;1-2H,3H2;4H,1-2H2. The molecule has 0 saturated carbocycles. The summed E-state index contributed by atoms with van der Waals surface area (Å²) in [5, 5.41) is 22.7. The Morgan fingerprint density at radius 1 is 0.743 bits per heavy atom. The summed E-state index contributed by atoms with van der Waals surface area (Å²) < 4.78 is 37.2. The number of aliphatic hydroxyl groups excluding tert-OH is 1. The molecule has 19 heteroatoms. The fourth-order valence-electron chi connectivity index (χ4n) is 1.47. The molecule has 4 heterocycles. The lowest BCUT2D eigenvalue weighted by Crippen LogP contribution is -2.03. The van der Waals surface area contributed by atoms with Crippen LogP contribution in [-0.4, -0.2) is 96.7 Å². The molecule has 4 rings (SSSR count). The molecule has 11 nitrogen and oxygen atoms in total. The van der Waals surface area contributed by atoms with Gasteiger partial charge in [-0.15, -0.1) is 15.3 Å². The summed E-state index contributed by atoms with van der Waals surface area (Å²) in [6.07, 6.45) is 4.91. The van der Waals surface area contributed by atoms with E-state index in [-0.39, 0.29) is 19.7 Å². The van der Waals surface area contributed by atoms with Crippen molar-refractivity contribution in [3.8, 4) is 0 Å². The predicted octanol–water partition coefficient (Wildman–Crippen LogP) is 4.37. The molecule has 0 unspecified atom stereocenters. The van der Waals surface area contributed by atoms with E-state index >= 15 is 0 Å². The van der Waals surface area contributed by atoms with Crippen LogP contribution in [0.4, 0.5) is 13.2 Å². The molecule has 2 aliphatic rings. The van der Waals surface area contributed by atoms with Gasteiger partial charge in [0.2, 0.25) is 0 Å². The van der Waals surface area contributed by atoms with Crippen molar-refractivity contribution in [3.05, 3.63) is 20.0 Å². The zero-order valence-electron chi connectivity index (χ0n) is 17.8. The van der Waals surface area contributed by atoms with E-state index in [0.29, 0.717) is 27.1 Å². The first-order valence-electron chi connectivity index (χ1n) is 9.27. The van der Waals surface area contributed by atoms with Gasteiger partial charge in [0.25, 0.3) is 0 Å². The summed E-state index contributed by atoms with van der Waals surface area (Å²) >= 11 is 15.7. The fourth-order valence-corrected chi connectivity index (χ4v) is 2.74. The summed E-state index contributed by atoms with van der Waals surface area (Å²) in [6, 6.07) is 0. The van der Waals surface area contributed by atoms with Gasteiger partial charge in [0.15, 0.2) is 9.21 Å². The molecule has 0 saturated heterocycles. The molecule has 2 aliphatic heterocycles. The fraction of sp³-hybridized carbons (Fsp3) is 0.500. The second-order valence-electron chi connectivity index (χ2n) is 5.28. The number of nitrogens with zero attached hydrogens (tertiary/aromatic N) is 10. The third kappa shape index (κ3) is 18.1. The van der Waals surface area contributed by atoms with Crippen molar-refractivity contribution in [1.82, 2.24) is 30.0 Å². The van der Waals surface area contributed by atoms with E-state index in [4.69, 9.17) is 5.11 Å². The third-order valence-electron chi connectivity index (χ3n) is 2.77. The molecule has 35 heavy (non-hydrogen) atoms. The monoisotopic (exact) mass is 820 g/mol. The van der Waals surface area contributed by atoms with Gasteiger partial charge in [-0.05, 0) is 79.6 Å². The third-order valence-corrected chi connectivity index (χ3v) is 6.52. The molecule has 0 atom stereocenters. The Morgan fingerprint density at radius 3 is 1.51 bits per heavy atom. The zero-order valence-corrected chi connectivity index (χ0v) is 25.8. The highest BCUT2D eigenvalue weighted by Crippen LogP contribution is 2.16. The Bertz CT molecular complexity index is 907. The average molecular weight is 825 g/mol. The summed E-state index contributed by atoms with van der Waals surface area (Å²) in [5.41, 5.74) is 0. The van der Waals surface area contributed by atoms with Crippen LogP contribution < -0.4 is 0 Å². The first kappa shape index (κ1) is 34.1. The first-order valence-corrected chi connectivity index (χ1v) is 13.2. The van der Waals surface area contributed by atoms with Gasteiger partial charge in [0.1, 0.15) is 47.2 Å². The number of aliphatic imine (C=N–C) groups is 4. The Kier molecular flexibility index (Phi) is 21.8. The first-order chi connectivity index (χ1) is 16.8. The van der Waals surface area contributed by atoms with Gasteiger partial charge < -0.3 is 5.11 Å². The summed E-state index contributed by atoms with van der Waals surface area (Å²) in [4.78, 5) is 17.9. The van der Waals surface area contributed by atoms with Crippen molar-refractivity contribution in [1.29, 1.82) is 0 Å². The highest BCUT2D eigenvalue weighted by atomic mass is 79.9. The summed E-state index contributed by atoms with van der Waals surface area (Å²) in [7, 11) is 0. The highest BCUT2D eigenvalue weighted by Gasteiger charge is 2.04. The Labute approximate surface area is 241 Å². The number of aromatic nitrogens is 6. The molecular formula is C16H20Br5F3N10O. The van der Waals surface area contributed by atoms with Crippen molar-refractivity contribution in [2.75, 3.05) is 40.0 Å². The molecule has 0 aliphatic carbocycles. The number of alkyl halides is 3. The van der Waals surface area contributed by atoms with Crippen LogP contribution in [0.3, 0.4) is 0 Å². The van der Waals surface area contributed by atoms with Gasteiger partial charge in [-0.2, -0.15) is 14.7 Å². The summed E-state index contributed by atoms with van der Waals surface area (Å²) in [6.45, 7) is -0.231. The van der Waals surface area contributed by atoms with Crippen molar-refractivity contribution < 1.29 is 18.3 Å². The van der Waals surface area contributed by atoms with Crippen LogP contribution in [0, 0.1) is 0 Å². The van der Waals surface area contributed by atoms with Crippen molar-refractivity contribution in [2.24, 2.45) is 20.0 Å². The van der Waals surface area contributed by atoms with Gasteiger partial charge in [-0.25, -0.2) is 13.2 Å². The van der Waals surface area contributed by atoms with Crippen LogP contribution in [0.25, 0.3) is 0 Å². The minimum Gasteiger partial charge on any atom is -0.394 e. The Morgan fingerprint density at radius 2 is 1.23 bits per heavy atom. The van der Waals surface area contributed by atoms with E-state index in [9.17, 15) is 13.2 Å². The van der Waals surface area contributed by atoms with E-state index in [2.05, 4.69) is 120 Å². The maximum atomic E-state index is 11.7. The largest absolute Gasteiger partial charge is 0.394 e. The lowest BCUT2D eigenvalue weighted by atomic mass is 10.8. The molecule has 0 aromatic carbocycles. The zero-order chi connectivity index (χ0) is 26.5. The molecule has 0 spiro atoms. The number of rotatable bonds is 5. The topological polar surface area (TPSA) is 131 Å². The van der Waals surface area contributed by atoms with E-state index in [1.54, 1.807) is 12.4 Å². The predicted molar refractivity (Wildman–Crippen MR) is 148 cm³/mol. The maximum absolute atomic E-state index is 11.7.